The van der Waals surface area contributed by atoms with Crippen molar-refractivity contribution in [1.29, 1.82) is 0 Å². The van der Waals surface area contributed by atoms with E-state index in [2.05, 4.69) is 10.3 Å². The third kappa shape index (κ3) is 5.49. The fourth-order valence-corrected chi connectivity index (χ4v) is 4.06. The van der Waals surface area contributed by atoms with Crippen LogP contribution < -0.4 is 5.32 Å². The van der Waals surface area contributed by atoms with E-state index in [9.17, 15) is 22.4 Å². The molecule has 0 saturated carbocycles. The number of nitrogens with one attached hydrogen (secondary N) is 1. The molecule has 29 heavy (non-hydrogen) atoms. The summed E-state index contributed by atoms with van der Waals surface area (Å²) in [7, 11) is -3.89. The summed E-state index contributed by atoms with van der Waals surface area (Å²) in [5.74, 6) is -2.86. The number of hydrogen-bond donors (Lipinski definition) is 1. The van der Waals surface area contributed by atoms with Crippen LogP contribution in [0.5, 0.6) is 0 Å². The highest BCUT2D eigenvalue weighted by molar-refractivity contribution is 7.89. The summed E-state index contributed by atoms with van der Waals surface area (Å²) in [6.45, 7) is 3.02. The molecule has 8 nitrogen and oxygen atoms in total. The standard InChI is InChI=1S/C18H19ClFN3O5S/c1-3-23(4-2)29(26,27)12-7-8-14(20)13(10-12)18(25)28-11-16(24)22-15-6-5-9-21-17(15)19/h5-10H,3-4,11H2,1-2H3,(H,22,24). The Labute approximate surface area is 172 Å². The molecule has 0 aliphatic carbocycles. The summed E-state index contributed by atoms with van der Waals surface area (Å²) in [5.41, 5.74) is -0.376. The van der Waals surface area contributed by atoms with E-state index in [1.807, 2.05) is 0 Å². The summed E-state index contributed by atoms with van der Waals surface area (Å²) in [5, 5.41) is 2.44. The van der Waals surface area contributed by atoms with E-state index in [0.717, 1.165) is 18.2 Å². The maximum absolute atomic E-state index is 14.1. The van der Waals surface area contributed by atoms with Crippen molar-refractivity contribution < 1.29 is 27.1 Å². The molecule has 0 fully saturated rings. The number of pyridine rings is 1. The maximum atomic E-state index is 14.1. The number of aromatic nitrogens is 1. The molecule has 0 aliphatic rings. The molecule has 0 atom stereocenters. The molecule has 0 unspecified atom stereocenters. The Morgan fingerprint density at radius 1 is 1.24 bits per heavy atom. The van der Waals surface area contributed by atoms with Crippen molar-refractivity contribution in [2.45, 2.75) is 18.7 Å². The average Bonchev–Trinajstić information content (AvgIpc) is 2.69. The zero-order valence-corrected chi connectivity index (χ0v) is 17.3. The zero-order chi connectivity index (χ0) is 21.6. The van der Waals surface area contributed by atoms with Gasteiger partial charge in [0.2, 0.25) is 10.0 Å². The van der Waals surface area contributed by atoms with E-state index in [0.29, 0.717) is 0 Å². The maximum Gasteiger partial charge on any atom is 0.341 e. The van der Waals surface area contributed by atoms with Crippen LogP contribution >= 0.6 is 11.6 Å². The lowest BCUT2D eigenvalue weighted by atomic mass is 10.2. The summed E-state index contributed by atoms with van der Waals surface area (Å²) in [6, 6.07) is 5.86. The molecule has 1 amide bonds. The van der Waals surface area contributed by atoms with Gasteiger partial charge in [0.1, 0.15) is 5.82 Å². The fraction of sp³-hybridized carbons (Fsp3) is 0.278. The fourth-order valence-electron chi connectivity index (χ4n) is 2.41. The molecule has 11 heteroatoms. The molecule has 0 saturated heterocycles. The Morgan fingerprint density at radius 3 is 2.55 bits per heavy atom. The number of nitrogens with zero attached hydrogens (tertiary/aromatic N) is 2. The first kappa shape index (κ1) is 22.7. The lowest BCUT2D eigenvalue weighted by Gasteiger charge is -2.18. The molecule has 2 rings (SSSR count). The van der Waals surface area contributed by atoms with Gasteiger partial charge in [-0.05, 0) is 30.3 Å². The average molecular weight is 444 g/mol. The normalized spacial score (nSPS) is 11.3. The van der Waals surface area contributed by atoms with Gasteiger partial charge in [0.25, 0.3) is 5.91 Å². The first-order valence-electron chi connectivity index (χ1n) is 8.57. The molecular formula is C18H19ClFN3O5S. The summed E-state index contributed by atoms with van der Waals surface area (Å²) in [4.78, 5) is 27.6. The molecule has 0 bridgehead atoms. The van der Waals surface area contributed by atoms with Crippen molar-refractivity contribution >= 4 is 39.2 Å². The van der Waals surface area contributed by atoms with Gasteiger partial charge in [0.05, 0.1) is 16.1 Å². The van der Waals surface area contributed by atoms with Crippen LogP contribution in [0.15, 0.2) is 41.4 Å². The number of esters is 1. The van der Waals surface area contributed by atoms with E-state index < -0.39 is 39.9 Å². The van der Waals surface area contributed by atoms with Crippen molar-refractivity contribution in [1.82, 2.24) is 9.29 Å². The first-order valence-corrected chi connectivity index (χ1v) is 10.4. The lowest BCUT2D eigenvalue weighted by molar-refractivity contribution is -0.119. The number of halogens is 2. The van der Waals surface area contributed by atoms with Gasteiger partial charge >= 0.3 is 5.97 Å². The smallest absolute Gasteiger partial charge is 0.341 e. The molecular weight excluding hydrogens is 425 g/mol. The summed E-state index contributed by atoms with van der Waals surface area (Å²) >= 11 is 5.81. The Morgan fingerprint density at radius 2 is 1.93 bits per heavy atom. The van der Waals surface area contributed by atoms with Crippen LogP contribution in [0.4, 0.5) is 10.1 Å². The van der Waals surface area contributed by atoms with Gasteiger partial charge < -0.3 is 10.1 Å². The van der Waals surface area contributed by atoms with E-state index in [4.69, 9.17) is 16.3 Å². The number of benzene rings is 1. The third-order valence-corrected chi connectivity index (χ3v) is 6.22. The molecule has 1 N–H and O–H groups in total. The van der Waals surface area contributed by atoms with Crippen molar-refractivity contribution in [2.24, 2.45) is 0 Å². The topological polar surface area (TPSA) is 106 Å². The molecule has 1 heterocycles. The van der Waals surface area contributed by atoms with Crippen LogP contribution in [-0.4, -0.2) is 49.3 Å². The second-order valence-electron chi connectivity index (χ2n) is 5.70. The SMILES string of the molecule is CCN(CC)S(=O)(=O)c1ccc(F)c(C(=O)OCC(=O)Nc2cccnc2Cl)c1. The Balaban J connectivity index is 2.13. The number of rotatable bonds is 8. The minimum absolute atomic E-state index is 0.0486. The van der Waals surface area contributed by atoms with Crippen molar-refractivity contribution in [3.05, 3.63) is 53.1 Å². The van der Waals surface area contributed by atoms with Gasteiger partial charge in [-0.15, -0.1) is 0 Å². The van der Waals surface area contributed by atoms with Crippen LogP contribution in [0.25, 0.3) is 0 Å². The van der Waals surface area contributed by atoms with Gasteiger partial charge in [0, 0.05) is 19.3 Å². The van der Waals surface area contributed by atoms with Gasteiger partial charge in [-0.1, -0.05) is 25.4 Å². The number of carbonyl (C=O) groups is 2. The minimum Gasteiger partial charge on any atom is -0.452 e. The van der Waals surface area contributed by atoms with Crippen LogP contribution in [0.1, 0.15) is 24.2 Å². The number of anilines is 1. The predicted octanol–water partition coefficient (Wildman–Crippen LogP) is 2.70. The lowest BCUT2D eigenvalue weighted by Crippen LogP contribution is -2.30. The minimum atomic E-state index is -3.89. The van der Waals surface area contributed by atoms with Gasteiger partial charge in [-0.3, -0.25) is 4.79 Å². The van der Waals surface area contributed by atoms with Crippen LogP contribution in [0.3, 0.4) is 0 Å². The van der Waals surface area contributed by atoms with Crippen molar-refractivity contribution in [3.63, 3.8) is 0 Å². The second-order valence-corrected chi connectivity index (χ2v) is 7.99. The van der Waals surface area contributed by atoms with Crippen LogP contribution in [0, 0.1) is 5.82 Å². The van der Waals surface area contributed by atoms with Gasteiger partial charge in [-0.25, -0.2) is 22.6 Å². The highest BCUT2D eigenvalue weighted by Crippen LogP contribution is 2.20. The molecule has 2 aromatic rings. The largest absolute Gasteiger partial charge is 0.452 e. The molecule has 0 radical (unpaired) electrons. The van der Waals surface area contributed by atoms with Gasteiger partial charge in [-0.2, -0.15) is 4.31 Å². The highest BCUT2D eigenvalue weighted by Gasteiger charge is 2.25. The molecule has 1 aromatic heterocycles. The monoisotopic (exact) mass is 443 g/mol. The molecule has 0 spiro atoms. The zero-order valence-electron chi connectivity index (χ0n) is 15.7. The third-order valence-electron chi connectivity index (χ3n) is 3.87. The van der Waals surface area contributed by atoms with E-state index in [-0.39, 0.29) is 28.8 Å². The van der Waals surface area contributed by atoms with Gasteiger partial charge in [0.15, 0.2) is 11.8 Å². The number of ether oxygens (including phenoxy) is 1. The first-order chi connectivity index (χ1) is 13.7. The van der Waals surface area contributed by atoms with E-state index in [1.54, 1.807) is 19.9 Å². The molecule has 156 valence electrons. The summed E-state index contributed by atoms with van der Waals surface area (Å²) in [6.07, 6.45) is 1.43. The van der Waals surface area contributed by atoms with Crippen LogP contribution in [-0.2, 0) is 19.6 Å². The van der Waals surface area contributed by atoms with Crippen LogP contribution in [0.2, 0.25) is 5.15 Å². The van der Waals surface area contributed by atoms with Crippen molar-refractivity contribution in [2.75, 3.05) is 25.0 Å². The number of hydrogen-bond acceptors (Lipinski definition) is 6. The highest BCUT2D eigenvalue weighted by atomic mass is 35.5. The second kappa shape index (κ2) is 9.77. The summed E-state index contributed by atoms with van der Waals surface area (Å²) < 4.78 is 45.1. The number of amides is 1. The van der Waals surface area contributed by atoms with E-state index in [1.165, 1.54) is 16.6 Å². The Bertz CT molecular complexity index is 1010. The Hall–Kier alpha value is -2.56. The number of sulfonamides is 1. The molecule has 0 aliphatic heterocycles. The Kier molecular flexibility index (Phi) is 7.66. The van der Waals surface area contributed by atoms with Crippen molar-refractivity contribution in [3.8, 4) is 0 Å². The molecule has 1 aromatic carbocycles. The number of carbonyl (C=O) groups excluding carboxylic acids is 2. The van der Waals surface area contributed by atoms with E-state index >= 15 is 0 Å². The quantitative estimate of drug-likeness (QED) is 0.496. The predicted molar refractivity (Wildman–Crippen MR) is 105 cm³/mol.